The van der Waals surface area contributed by atoms with E-state index in [2.05, 4.69) is 5.32 Å². The van der Waals surface area contributed by atoms with Gasteiger partial charge in [-0.15, -0.1) is 0 Å². The van der Waals surface area contributed by atoms with Gasteiger partial charge in [-0.05, 0) is 27.2 Å². The van der Waals surface area contributed by atoms with Crippen molar-refractivity contribution in [3.8, 4) is 0 Å². The van der Waals surface area contributed by atoms with Crippen LogP contribution in [-0.2, 0) is 9.47 Å². The molecule has 98 valence electrons. The summed E-state index contributed by atoms with van der Waals surface area (Å²) in [6.45, 7) is 9.40. The maximum absolute atomic E-state index is 12.0. The van der Waals surface area contributed by atoms with Crippen molar-refractivity contribution in [3.63, 3.8) is 0 Å². The first-order chi connectivity index (χ1) is 7.93. The molecule has 2 aliphatic rings. The molecule has 0 unspecified atom stereocenters. The van der Waals surface area contributed by atoms with Gasteiger partial charge in [-0.3, -0.25) is 4.90 Å². The lowest BCUT2D eigenvalue weighted by Crippen LogP contribution is -2.68. The number of rotatable bonds is 0. The van der Waals surface area contributed by atoms with Crippen LogP contribution in [0.25, 0.3) is 0 Å². The van der Waals surface area contributed by atoms with E-state index in [1.165, 1.54) is 0 Å². The molecule has 5 heteroatoms. The molecule has 1 atom stereocenters. The number of carbonyl (C=O) groups excluding carboxylic acids is 1. The van der Waals surface area contributed by atoms with Gasteiger partial charge in [0.15, 0.2) is 0 Å². The fourth-order valence-electron chi connectivity index (χ4n) is 2.25. The largest absolute Gasteiger partial charge is 0.444 e. The number of nitrogens with zero attached hydrogens (tertiary/aromatic N) is 1. The third-order valence-electron chi connectivity index (χ3n) is 3.24. The van der Waals surface area contributed by atoms with Crippen LogP contribution in [-0.4, -0.2) is 55.0 Å². The Morgan fingerprint density at radius 1 is 1.47 bits per heavy atom. The van der Waals surface area contributed by atoms with Crippen LogP contribution >= 0.6 is 0 Å². The van der Waals surface area contributed by atoms with Gasteiger partial charge in [0.2, 0.25) is 0 Å². The topological polar surface area (TPSA) is 50.8 Å². The molecule has 17 heavy (non-hydrogen) atoms. The summed E-state index contributed by atoms with van der Waals surface area (Å²) in [5, 5.41) is 3.31. The van der Waals surface area contributed by atoms with Crippen LogP contribution in [0.5, 0.6) is 0 Å². The molecular weight excluding hydrogens is 220 g/mol. The van der Waals surface area contributed by atoms with Gasteiger partial charge in [-0.1, -0.05) is 0 Å². The van der Waals surface area contributed by atoms with Crippen molar-refractivity contribution in [2.75, 3.05) is 32.8 Å². The lowest BCUT2D eigenvalue weighted by Gasteiger charge is -2.51. The molecular formula is C12H22N2O3. The molecule has 5 nitrogen and oxygen atoms in total. The molecule has 0 aromatic heterocycles. The van der Waals surface area contributed by atoms with Gasteiger partial charge in [0.1, 0.15) is 5.60 Å². The minimum absolute atomic E-state index is 0.182. The van der Waals surface area contributed by atoms with Gasteiger partial charge in [0.25, 0.3) is 0 Å². The second-order valence-corrected chi connectivity index (χ2v) is 5.84. The Hall–Kier alpha value is -0.810. The fraction of sp³-hybridized carbons (Fsp3) is 0.917. The average Bonchev–Trinajstić information content (AvgIpc) is 2.38. The number of carbonyl (C=O) groups is 1. The van der Waals surface area contributed by atoms with Crippen molar-refractivity contribution in [2.45, 2.75) is 38.3 Å². The van der Waals surface area contributed by atoms with Gasteiger partial charge in [0, 0.05) is 19.6 Å². The third-order valence-corrected chi connectivity index (χ3v) is 3.24. The summed E-state index contributed by atoms with van der Waals surface area (Å²) >= 11 is 0. The monoisotopic (exact) mass is 242 g/mol. The molecule has 0 radical (unpaired) electrons. The van der Waals surface area contributed by atoms with Crippen molar-refractivity contribution in [3.05, 3.63) is 0 Å². The summed E-state index contributed by atoms with van der Waals surface area (Å²) in [5.74, 6) is 0. The number of nitrogens with one attached hydrogen (secondary N) is 1. The Morgan fingerprint density at radius 2 is 2.24 bits per heavy atom. The van der Waals surface area contributed by atoms with Crippen LogP contribution in [0.15, 0.2) is 0 Å². The maximum atomic E-state index is 12.0. The molecule has 0 aromatic rings. The van der Waals surface area contributed by atoms with Crippen LogP contribution in [0.4, 0.5) is 4.79 Å². The van der Waals surface area contributed by atoms with Crippen molar-refractivity contribution < 1.29 is 14.3 Å². The summed E-state index contributed by atoms with van der Waals surface area (Å²) in [6.07, 6.45) is 0.759. The first kappa shape index (κ1) is 12.6. The van der Waals surface area contributed by atoms with E-state index >= 15 is 0 Å². The molecule has 2 saturated heterocycles. The van der Waals surface area contributed by atoms with Crippen molar-refractivity contribution >= 4 is 6.09 Å². The predicted octanol–water partition coefficient (Wildman–Crippen LogP) is 0.986. The van der Waals surface area contributed by atoms with Crippen molar-refractivity contribution in [1.29, 1.82) is 0 Å². The predicted molar refractivity (Wildman–Crippen MR) is 64.0 cm³/mol. The highest BCUT2D eigenvalue weighted by molar-refractivity contribution is 5.70. The highest BCUT2D eigenvalue weighted by Gasteiger charge is 2.49. The second kappa shape index (κ2) is 4.46. The Labute approximate surface area is 102 Å². The molecule has 0 aromatic carbocycles. The third kappa shape index (κ3) is 2.72. The standard InChI is InChI=1S/C12H22N2O3/c1-11(2,3)17-10(15)14-6-4-12(14)8-13-5-7-16-9-12/h13H,4-9H2,1-3H3/t12-/m0/s1. The Bertz CT molecular complexity index is 291. The summed E-state index contributed by atoms with van der Waals surface area (Å²) in [4.78, 5) is 13.8. The smallest absolute Gasteiger partial charge is 0.410 e. The first-order valence-electron chi connectivity index (χ1n) is 6.22. The fourth-order valence-corrected chi connectivity index (χ4v) is 2.25. The Morgan fingerprint density at radius 3 is 2.82 bits per heavy atom. The average molecular weight is 242 g/mol. The SMILES string of the molecule is CC(C)(C)OC(=O)N1CC[C@@]12CNCCOC2. The van der Waals surface area contributed by atoms with E-state index in [1.807, 2.05) is 20.8 Å². The Kier molecular flexibility index (Phi) is 3.32. The summed E-state index contributed by atoms with van der Waals surface area (Å²) in [6, 6.07) is 0. The number of amides is 1. The normalized spacial score (nSPS) is 29.7. The van der Waals surface area contributed by atoms with E-state index in [0.717, 1.165) is 26.1 Å². The van der Waals surface area contributed by atoms with Crippen LogP contribution < -0.4 is 5.32 Å². The summed E-state index contributed by atoms with van der Waals surface area (Å²) < 4.78 is 11.0. The molecule has 1 spiro atoms. The van der Waals surface area contributed by atoms with Gasteiger partial charge in [0.05, 0.1) is 18.8 Å². The van der Waals surface area contributed by atoms with Crippen LogP contribution in [0, 0.1) is 0 Å². The van der Waals surface area contributed by atoms with Crippen LogP contribution in [0.3, 0.4) is 0 Å². The molecule has 0 bridgehead atoms. The lowest BCUT2D eigenvalue weighted by molar-refractivity contribution is -0.0704. The highest BCUT2D eigenvalue weighted by atomic mass is 16.6. The van der Waals surface area contributed by atoms with E-state index in [0.29, 0.717) is 13.2 Å². The lowest BCUT2D eigenvalue weighted by atomic mass is 9.85. The van der Waals surface area contributed by atoms with E-state index < -0.39 is 5.60 Å². The molecule has 2 aliphatic heterocycles. The number of likely N-dealkylation sites (tertiary alicyclic amines) is 1. The zero-order valence-corrected chi connectivity index (χ0v) is 10.9. The quantitative estimate of drug-likeness (QED) is 0.688. The van der Waals surface area contributed by atoms with Gasteiger partial charge < -0.3 is 14.8 Å². The van der Waals surface area contributed by atoms with Gasteiger partial charge >= 0.3 is 6.09 Å². The molecule has 2 heterocycles. The minimum atomic E-state index is -0.438. The van der Waals surface area contributed by atoms with Crippen LogP contribution in [0.2, 0.25) is 0 Å². The maximum Gasteiger partial charge on any atom is 0.410 e. The Balaban J connectivity index is 1.99. The molecule has 1 N–H and O–H groups in total. The van der Waals surface area contributed by atoms with E-state index in [1.54, 1.807) is 4.90 Å². The molecule has 2 rings (SSSR count). The molecule has 1 amide bonds. The number of hydrogen-bond acceptors (Lipinski definition) is 4. The van der Waals surface area contributed by atoms with Crippen molar-refractivity contribution in [1.82, 2.24) is 10.2 Å². The van der Waals surface area contributed by atoms with E-state index in [4.69, 9.17) is 9.47 Å². The summed E-state index contributed by atoms with van der Waals surface area (Å²) in [7, 11) is 0. The minimum Gasteiger partial charge on any atom is -0.444 e. The summed E-state index contributed by atoms with van der Waals surface area (Å²) in [5.41, 5.74) is -0.619. The first-order valence-corrected chi connectivity index (χ1v) is 6.22. The number of ether oxygens (including phenoxy) is 2. The van der Waals surface area contributed by atoms with Crippen LogP contribution in [0.1, 0.15) is 27.2 Å². The van der Waals surface area contributed by atoms with Gasteiger partial charge in [-0.25, -0.2) is 4.79 Å². The zero-order chi connectivity index (χ0) is 12.5. The van der Waals surface area contributed by atoms with Crippen molar-refractivity contribution in [2.24, 2.45) is 0 Å². The number of hydrogen-bond donors (Lipinski definition) is 1. The molecule has 0 saturated carbocycles. The van der Waals surface area contributed by atoms with E-state index in [-0.39, 0.29) is 11.6 Å². The highest BCUT2D eigenvalue weighted by Crippen LogP contribution is 2.32. The van der Waals surface area contributed by atoms with Gasteiger partial charge in [-0.2, -0.15) is 0 Å². The van der Waals surface area contributed by atoms with E-state index in [9.17, 15) is 4.79 Å². The molecule has 0 aliphatic carbocycles. The molecule has 2 fully saturated rings. The second-order valence-electron chi connectivity index (χ2n) is 5.84. The zero-order valence-electron chi connectivity index (χ0n) is 10.9.